The van der Waals surface area contributed by atoms with E-state index >= 15 is 0 Å². The monoisotopic (exact) mass is 291 g/mol. The van der Waals surface area contributed by atoms with E-state index in [0.717, 1.165) is 18.4 Å². The molecule has 1 aromatic heterocycles. The van der Waals surface area contributed by atoms with Crippen LogP contribution in [0.1, 0.15) is 49.3 Å². The molecule has 1 amide bonds. The van der Waals surface area contributed by atoms with Gasteiger partial charge in [-0.05, 0) is 30.4 Å². The topological polar surface area (TPSA) is 72.0 Å². The predicted octanol–water partition coefficient (Wildman–Crippen LogP) is 2.22. The molecule has 0 spiro atoms. The van der Waals surface area contributed by atoms with E-state index in [0.29, 0.717) is 22.3 Å². The zero-order valence-electron chi connectivity index (χ0n) is 10.9. The van der Waals surface area contributed by atoms with Crippen molar-refractivity contribution in [3.63, 3.8) is 0 Å². The Morgan fingerprint density at radius 3 is 2.65 bits per heavy atom. The number of carbonyl (C=O) groups excluding carboxylic acids is 2. The molecule has 0 atom stereocenters. The van der Waals surface area contributed by atoms with Gasteiger partial charge in [-0.15, -0.1) is 10.2 Å². The summed E-state index contributed by atoms with van der Waals surface area (Å²) in [4.78, 5) is 23.0. The van der Waals surface area contributed by atoms with Crippen LogP contribution in [-0.4, -0.2) is 21.9 Å². The van der Waals surface area contributed by atoms with Crippen molar-refractivity contribution in [1.82, 2.24) is 15.5 Å². The Labute approximate surface area is 121 Å². The van der Waals surface area contributed by atoms with Gasteiger partial charge in [0.2, 0.25) is 5.91 Å². The summed E-state index contributed by atoms with van der Waals surface area (Å²) in [5.74, 6) is -0.134. The van der Waals surface area contributed by atoms with E-state index in [1.54, 1.807) is 0 Å². The number of nitrogens with zero attached hydrogens (tertiary/aromatic N) is 2. The summed E-state index contributed by atoms with van der Waals surface area (Å²) < 4.78 is 0. The van der Waals surface area contributed by atoms with E-state index in [1.165, 1.54) is 19.0 Å². The molecule has 1 aliphatic carbocycles. The first-order valence-electron chi connectivity index (χ1n) is 6.71. The quantitative estimate of drug-likeness (QED) is 0.848. The summed E-state index contributed by atoms with van der Waals surface area (Å²) in [5.41, 5.74) is 1.84. The normalized spacial score (nSPS) is 19.9. The van der Waals surface area contributed by atoms with Crippen LogP contribution >= 0.6 is 11.6 Å². The third-order valence-corrected chi connectivity index (χ3v) is 4.14. The first kappa shape index (κ1) is 13.2. The number of hydrogen-bond donors (Lipinski definition) is 1. The molecule has 5 nitrogen and oxygen atoms in total. The van der Waals surface area contributed by atoms with Crippen LogP contribution in [0, 0.1) is 0 Å². The molecule has 0 saturated heterocycles. The number of nitrogens with one attached hydrogen (secondary N) is 1. The summed E-state index contributed by atoms with van der Waals surface area (Å²) in [7, 11) is 0. The third kappa shape index (κ3) is 2.45. The second-order valence-corrected chi connectivity index (χ2v) is 5.54. The molecular weight excluding hydrogens is 278 g/mol. The van der Waals surface area contributed by atoms with Gasteiger partial charge in [-0.25, -0.2) is 0 Å². The van der Waals surface area contributed by atoms with Crippen LogP contribution in [0.3, 0.4) is 0 Å². The van der Waals surface area contributed by atoms with Gasteiger partial charge in [-0.1, -0.05) is 24.4 Å². The van der Waals surface area contributed by atoms with Gasteiger partial charge in [0.15, 0.2) is 10.9 Å². The summed E-state index contributed by atoms with van der Waals surface area (Å²) in [6.07, 6.45) is 5.83. The van der Waals surface area contributed by atoms with E-state index in [1.807, 2.05) is 6.07 Å². The van der Waals surface area contributed by atoms with Gasteiger partial charge < -0.3 is 5.32 Å². The van der Waals surface area contributed by atoms with Crippen LogP contribution in [-0.2, 0) is 9.59 Å². The van der Waals surface area contributed by atoms with Gasteiger partial charge in [0.1, 0.15) is 0 Å². The number of carbonyl (C=O) groups is 2. The molecule has 0 aromatic carbocycles. The molecule has 2 heterocycles. The van der Waals surface area contributed by atoms with Crippen LogP contribution in [0.2, 0.25) is 5.15 Å². The largest absolute Gasteiger partial charge is 0.331 e. The first-order valence-corrected chi connectivity index (χ1v) is 7.09. The Kier molecular flexibility index (Phi) is 3.53. The summed E-state index contributed by atoms with van der Waals surface area (Å²) >= 11 is 6.13. The van der Waals surface area contributed by atoms with Gasteiger partial charge in [0, 0.05) is 6.20 Å². The smallest absolute Gasteiger partial charge is 0.231 e. The van der Waals surface area contributed by atoms with Gasteiger partial charge in [-0.2, -0.15) is 0 Å². The van der Waals surface area contributed by atoms with Crippen LogP contribution in [0.4, 0.5) is 0 Å². The molecule has 1 aliphatic heterocycles. The Bertz CT molecular complexity index is 606. The van der Waals surface area contributed by atoms with Crippen LogP contribution in [0.25, 0.3) is 5.57 Å². The van der Waals surface area contributed by atoms with Crippen molar-refractivity contribution in [1.29, 1.82) is 0 Å². The van der Waals surface area contributed by atoms with Crippen LogP contribution in [0.15, 0.2) is 12.3 Å². The maximum atomic E-state index is 11.9. The summed E-state index contributed by atoms with van der Waals surface area (Å²) in [6, 6.07) is 1.84. The molecule has 0 unspecified atom stereocenters. The van der Waals surface area contributed by atoms with Crippen molar-refractivity contribution in [2.75, 3.05) is 0 Å². The highest BCUT2D eigenvalue weighted by Gasteiger charge is 2.25. The van der Waals surface area contributed by atoms with Gasteiger partial charge in [-0.3, -0.25) is 9.59 Å². The van der Waals surface area contributed by atoms with Gasteiger partial charge in [0.25, 0.3) is 0 Å². The van der Waals surface area contributed by atoms with Crippen molar-refractivity contribution < 1.29 is 9.59 Å². The molecule has 1 N–H and O–H groups in total. The Morgan fingerprint density at radius 1 is 1.20 bits per heavy atom. The SMILES string of the molecule is O=C1CC(=O)C(c2cc(C3CCCC3)c(Cl)nn2)=CN1. The highest BCUT2D eigenvalue weighted by atomic mass is 35.5. The van der Waals surface area contributed by atoms with Gasteiger partial charge >= 0.3 is 0 Å². The minimum atomic E-state index is -0.295. The number of Topliss-reactive ketones (excluding diaryl/α,β-unsaturated/α-hetero) is 1. The summed E-state index contributed by atoms with van der Waals surface area (Å²) in [5, 5.41) is 10.9. The molecule has 20 heavy (non-hydrogen) atoms. The van der Waals surface area contributed by atoms with E-state index in [9.17, 15) is 9.59 Å². The molecule has 2 aliphatic rings. The summed E-state index contributed by atoms with van der Waals surface area (Å²) in [6.45, 7) is 0. The number of rotatable bonds is 2. The lowest BCUT2D eigenvalue weighted by molar-refractivity contribution is -0.125. The average molecular weight is 292 g/mol. The fourth-order valence-electron chi connectivity index (χ4n) is 2.79. The number of hydrogen-bond acceptors (Lipinski definition) is 4. The lowest BCUT2D eigenvalue weighted by Crippen LogP contribution is -2.27. The number of allylic oxidation sites excluding steroid dienone is 1. The van der Waals surface area contributed by atoms with Crippen molar-refractivity contribution >= 4 is 28.9 Å². The van der Waals surface area contributed by atoms with Crippen molar-refractivity contribution in [3.05, 3.63) is 28.7 Å². The first-order chi connectivity index (χ1) is 9.65. The second-order valence-electron chi connectivity index (χ2n) is 5.18. The Balaban J connectivity index is 1.96. The van der Waals surface area contributed by atoms with Gasteiger partial charge in [0.05, 0.1) is 17.7 Å². The van der Waals surface area contributed by atoms with Crippen molar-refractivity contribution in [3.8, 4) is 0 Å². The molecular formula is C14H14ClN3O2. The number of aromatic nitrogens is 2. The highest BCUT2D eigenvalue weighted by molar-refractivity contribution is 6.30. The maximum absolute atomic E-state index is 11.9. The molecule has 104 valence electrons. The zero-order chi connectivity index (χ0) is 14.1. The number of halogens is 1. The highest BCUT2D eigenvalue weighted by Crippen LogP contribution is 2.37. The fourth-order valence-corrected chi connectivity index (χ4v) is 3.03. The minimum Gasteiger partial charge on any atom is -0.331 e. The molecule has 3 rings (SSSR count). The van der Waals surface area contributed by atoms with Crippen molar-refractivity contribution in [2.45, 2.75) is 38.0 Å². The molecule has 6 heteroatoms. The fraction of sp³-hybridized carbons (Fsp3) is 0.429. The van der Waals surface area contributed by atoms with Crippen LogP contribution < -0.4 is 5.32 Å². The van der Waals surface area contributed by atoms with Crippen molar-refractivity contribution in [2.24, 2.45) is 0 Å². The van der Waals surface area contributed by atoms with E-state index in [4.69, 9.17) is 11.6 Å². The average Bonchev–Trinajstić information content (AvgIpc) is 2.93. The Hall–Kier alpha value is -1.75. The second kappa shape index (κ2) is 5.32. The molecule has 1 fully saturated rings. The standard InChI is InChI=1S/C14H14ClN3O2/c15-14-9(8-3-1-2-4-8)5-11(17-18-14)10-7-16-13(20)6-12(10)19/h5,7-8H,1-4,6H2,(H,16,20). The van der Waals surface area contributed by atoms with Crippen LogP contribution in [0.5, 0.6) is 0 Å². The van der Waals surface area contributed by atoms with E-state index in [-0.39, 0.29) is 18.1 Å². The Morgan fingerprint density at radius 2 is 1.95 bits per heavy atom. The lowest BCUT2D eigenvalue weighted by atomic mass is 9.96. The molecule has 1 saturated carbocycles. The molecule has 1 aromatic rings. The number of ketones is 1. The lowest BCUT2D eigenvalue weighted by Gasteiger charge is -2.15. The zero-order valence-corrected chi connectivity index (χ0v) is 11.6. The predicted molar refractivity (Wildman–Crippen MR) is 74.0 cm³/mol. The third-order valence-electron chi connectivity index (χ3n) is 3.85. The minimum absolute atomic E-state index is 0.144. The van der Waals surface area contributed by atoms with E-state index in [2.05, 4.69) is 15.5 Å². The number of amides is 1. The molecule has 0 bridgehead atoms. The molecule has 0 radical (unpaired) electrons. The maximum Gasteiger partial charge on any atom is 0.231 e. The van der Waals surface area contributed by atoms with E-state index < -0.39 is 0 Å².